The fraction of sp³-hybridized carbons (Fsp3) is 0.200. The summed E-state index contributed by atoms with van der Waals surface area (Å²) < 4.78 is 1.35. The molecule has 0 bridgehead atoms. The first-order valence-corrected chi connectivity index (χ1v) is 9.49. The minimum Gasteiger partial charge on any atom is -0.336 e. The number of hydrogen-bond acceptors (Lipinski definition) is 7. The van der Waals surface area contributed by atoms with Crippen molar-refractivity contribution in [3.8, 4) is 0 Å². The second-order valence-electron chi connectivity index (χ2n) is 5.14. The average molecular weight is 395 g/mol. The van der Waals surface area contributed by atoms with Crippen LogP contribution in [0.2, 0.25) is 5.02 Å². The third-order valence-corrected chi connectivity index (χ3v) is 5.51. The van der Waals surface area contributed by atoms with E-state index in [2.05, 4.69) is 20.5 Å². The van der Waals surface area contributed by atoms with E-state index < -0.39 is 0 Å². The number of rotatable bonds is 6. The molecule has 0 aliphatic rings. The van der Waals surface area contributed by atoms with Crippen molar-refractivity contribution < 1.29 is 4.79 Å². The Hall–Kier alpha value is -2.10. The molecular formula is C15H15ClN6OS2. The molecule has 0 saturated heterocycles. The minimum atomic E-state index is -0.177. The molecule has 0 radical (unpaired) electrons. The SMILES string of the molecule is Cc1nnc(SCC(=O)Nc2ncc(Cc3ccccc3Cl)s2)n1N. The summed E-state index contributed by atoms with van der Waals surface area (Å²) in [7, 11) is 0. The van der Waals surface area contributed by atoms with Crippen molar-refractivity contribution >= 4 is 45.7 Å². The zero-order valence-electron chi connectivity index (χ0n) is 13.3. The largest absolute Gasteiger partial charge is 0.336 e. The molecule has 0 atom stereocenters. The van der Waals surface area contributed by atoms with E-state index in [4.69, 9.17) is 17.4 Å². The highest BCUT2D eigenvalue weighted by Gasteiger charge is 2.12. The van der Waals surface area contributed by atoms with Crippen LogP contribution in [0.25, 0.3) is 0 Å². The first-order valence-electron chi connectivity index (χ1n) is 7.31. The van der Waals surface area contributed by atoms with E-state index in [0.717, 1.165) is 15.5 Å². The lowest BCUT2D eigenvalue weighted by atomic mass is 10.1. The van der Waals surface area contributed by atoms with Crippen LogP contribution in [-0.2, 0) is 11.2 Å². The Morgan fingerprint density at radius 3 is 2.92 bits per heavy atom. The lowest BCUT2D eigenvalue weighted by Crippen LogP contribution is -2.16. The summed E-state index contributed by atoms with van der Waals surface area (Å²) in [6.45, 7) is 1.74. The van der Waals surface area contributed by atoms with Crippen LogP contribution in [0.1, 0.15) is 16.3 Å². The summed E-state index contributed by atoms with van der Waals surface area (Å²) in [6, 6.07) is 7.67. The molecule has 1 amide bonds. The van der Waals surface area contributed by atoms with Crippen LogP contribution in [0.4, 0.5) is 5.13 Å². The van der Waals surface area contributed by atoms with Crippen LogP contribution >= 0.6 is 34.7 Å². The van der Waals surface area contributed by atoms with E-state index in [0.29, 0.717) is 22.5 Å². The van der Waals surface area contributed by atoms with Crippen LogP contribution in [0.15, 0.2) is 35.6 Å². The van der Waals surface area contributed by atoms with Gasteiger partial charge < -0.3 is 11.2 Å². The van der Waals surface area contributed by atoms with Gasteiger partial charge in [-0.25, -0.2) is 9.66 Å². The van der Waals surface area contributed by atoms with E-state index in [1.165, 1.54) is 27.8 Å². The third kappa shape index (κ3) is 4.50. The van der Waals surface area contributed by atoms with Crippen LogP contribution in [0, 0.1) is 6.92 Å². The number of thiazole rings is 1. The normalized spacial score (nSPS) is 10.8. The second kappa shape index (κ2) is 7.85. The van der Waals surface area contributed by atoms with Gasteiger partial charge in [0.05, 0.1) is 5.75 Å². The Kier molecular flexibility index (Phi) is 5.57. The van der Waals surface area contributed by atoms with Crippen LogP contribution in [0.3, 0.4) is 0 Å². The summed E-state index contributed by atoms with van der Waals surface area (Å²) in [5.74, 6) is 6.34. The molecule has 10 heteroatoms. The number of hydrogen-bond donors (Lipinski definition) is 2. The lowest BCUT2D eigenvalue weighted by molar-refractivity contribution is -0.113. The first-order chi connectivity index (χ1) is 12.0. The quantitative estimate of drug-likeness (QED) is 0.492. The summed E-state index contributed by atoms with van der Waals surface area (Å²) in [5, 5.41) is 12.3. The number of benzene rings is 1. The van der Waals surface area contributed by atoms with Gasteiger partial charge in [0.2, 0.25) is 11.1 Å². The molecule has 1 aromatic carbocycles. The summed E-state index contributed by atoms with van der Waals surface area (Å²) in [6.07, 6.45) is 2.42. The number of carbonyl (C=O) groups is 1. The topological polar surface area (TPSA) is 98.7 Å². The van der Waals surface area contributed by atoms with Crippen molar-refractivity contribution in [2.75, 3.05) is 16.9 Å². The van der Waals surface area contributed by atoms with E-state index in [9.17, 15) is 4.79 Å². The number of nitrogen functional groups attached to an aromatic ring is 1. The molecule has 3 rings (SSSR count). The van der Waals surface area contributed by atoms with Gasteiger partial charge in [-0.2, -0.15) is 0 Å². The number of nitrogens with one attached hydrogen (secondary N) is 1. The Balaban J connectivity index is 1.55. The Labute approximate surface area is 157 Å². The van der Waals surface area contributed by atoms with E-state index in [-0.39, 0.29) is 11.7 Å². The van der Waals surface area contributed by atoms with Crippen molar-refractivity contribution in [2.24, 2.45) is 0 Å². The molecule has 2 aromatic heterocycles. The highest BCUT2D eigenvalue weighted by Crippen LogP contribution is 2.25. The fourth-order valence-corrected chi connectivity index (χ4v) is 3.77. The van der Waals surface area contributed by atoms with E-state index in [1.807, 2.05) is 24.3 Å². The summed E-state index contributed by atoms with van der Waals surface area (Å²) >= 11 is 8.81. The van der Waals surface area contributed by atoms with Gasteiger partial charge in [-0.05, 0) is 18.6 Å². The number of aryl methyl sites for hydroxylation is 1. The number of nitrogens with two attached hydrogens (primary N) is 1. The molecule has 0 aliphatic heterocycles. The van der Waals surface area contributed by atoms with Crippen LogP contribution in [-0.4, -0.2) is 31.5 Å². The van der Waals surface area contributed by atoms with Gasteiger partial charge in [0.25, 0.3) is 0 Å². The fourth-order valence-electron chi connectivity index (χ4n) is 2.01. The standard InChI is InChI=1S/C15H15ClN6OS2/c1-9-20-21-15(22(9)17)24-8-13(23)19-14-18-7-11(25-14)6-10-4-2-3-5-12(10)16/h2-5,7H,6,8,17H2,1H3,(H,18,19,23). The molecule has 25 heavy (non-hydrogen) atoms. The number of anilines is 1. The van der Waals surface area contributed by atoms with E-state index >= 15 is 0 Å². The molecular weight excluding hydrogens is 380 g/mol. The monoisotopic (exact) mass is 394 g/mol. The minimum absolute atomic E-state index is 0.175. The molecule has 0 saturated carbocycles. The Bertz CT molecular complexity index is 894. The van der Waals surface area contributed by atoms with Crippen molar-refractivity contribution in [3.05, 3.63) is 51.7 Å². The van der Waals surface area contributed by atoms with Gasteiger partial charge in [0.1, 0.15) is 5.82 Å². The summed E-state index contributed by atoms with van der Waals surface area (Å²) in [4.78, 5) is 17.3. The zero-order chi connectivity index (χ0) is 17.8. The Morgan fingerprint density at radius 2 is 2.20 bits per heavy atom. The van der Waals surface area contributed by atoms with Gasteiger partial charge in [0, 0.05) is 22.5 Å². The molecule has 3 aromatic rings. The second-order valence-corrected chi connectivity index (χ2v) is 7.60. The number of nitrogens with zero attached hydrogens (tertiary/aromatic N) is 4. The predicted octanol–water partition coefficient (Wildman–Crippen LogP) is 2.73. The molecule has 130 valence electrons. The zero-order valence-corrected chi connectivity index (χ0v) is 15.7. The smallest absolute Gasteiger partial charge is 0.236 e. The summed E-state index contributed by atoms with van der Waals surface area (Å²) in [5.41, 5.74) is 1.03. The Morgan fingerprint density at radius 1 is 1.40 bits per heavy atom. The van der Waals surface area contributed by atoms with Gasteiger partial charge in [-0.3, -0.25) is 4.79 Å². The highest BCUT2D eigenvalue weighted by atomic mass is 35.5. The number of thioether (sulfide) groups is 1. The van der Waals surface area contributed by atoms with Crippen molar-refractivity contribution in [2.45, 2.75) is 18.5 Å². The maximum absolute atomic E-state index is 12.0. The molecule has 2 heterocycles. The van der Waals surface area contributed by atoms with Crippen LogP contribution in [0.5, 0.6) is 0 Å². The third-order valence-electron chi connectivity index (χ3n) is 3.29. The average Bonchev–Trinajstić information content (AvgIpc) is 3.15. The van der Waals surface area contributed by atoms with Gasteiger partial charge in [-0.15, -0.1) is 21.5 Å². The molecule has 0 unspecified atom stereocenters. The lowest BCUT2D eigenvalue weighted by Gasteiger charge is -2.02. The molecule has 3 N–H and O–H groups in total. The maximum atomic E-state index is 12.0. The number of carbonyl (C=O) groups excluding carboxylic acids is 1. The first kappa shape index (κ1) is 17.7. The maximum Gasteiger partial charge on any atom is 0.236 e. The van der Waals surface area contributed by atoms with Crippen molar-refractivity contribution in [1.29, 1.82) is 0 Å². The number of amides is 1. The van der Waals surface area contributed by atoms with Gasteiger partial charge >= 0.3 is 0 Å². The number of halogens is 1. The molecule has 0 fully saturated rings. The van der Waals surface area contributed by atoms with Crippen molar-refractivity contribution in [1.82, 2.24) is 19.9 Å². The number of aromatic nitrogens is 4. The molecule has 7 nitrogen and oxygen atoms in total. The van der Waals surface area contributed by atoms with Gasteiger partial charge in [0.15, 0.2) is 5.13 Å². The highest BCUT2D eigenvalue weighted by molar-refractivity contribution is 7.99. The van der Waals surface area contributed by atoms with Crippen molar-refractivity contribution in [3.63, 3.8) is 0 Å². The molecule has 0 aliphatic carbocycles. The van der Waals surface area contributed by atoms with Gasteiger partial charge in [-0.1, -0.05) is 41.6 Å². The van der Waals surface area contributed by atoms with Crippen LogP contribution < -0.4 is 11.2 Å². The molecule has 0 spiro atoms. The predicted molar refractivity (Wildman–Crippen MR) is 101 cm³/mol. The van der Waals surface area contributed by atoms with E-state index in [1.54, 1.807) is 13.1 Å².